The molecular weight excluding hydrogens is 524 g/mol. The fourth-order valence-electron chi connectivity index (χ4n) is 5.85. The number of hydrogen-bond acceptors (Lipinski definition) is 7. The standard InChI is InChI=1S/C28H33ClN4O4S/c29-23-9-19(3-4-25(23)38-30)27(34)32-12-21-14-33(15-22(21)13-32)28(35)20-10-24(18-1-2-18)31-26(11-20)37-16-17-5-7-36-8-6-17/h3-4,9-11,17-18,21-22H,1-2,5-8,12-16,30H2. The number of rotatable bonds is 7. The highest BCUT2D eigenvalue weighted by Gasteiger charge is 2.43. The van der Waals surface area contributed by atoms with Crippen LogP contribution in [0.3, 0.4) is 0 Å². The summed E-state index contributed by atoms with van der Waals surface area (Å²) in [5.74, 6) is 1.99. The van der Waals surface area contributed by atoms with Crippen molar-refractivity contribution in [2.45, 2.75) is 36.5 Å². The van der Waals surface area contributed by atoms with Gasteiger partial charge in [-0.3, -0.25) is 14.7 Å². The summed E-state index contributed by atoms with van der Waals surface area (Å²) in [5, 5.41) is 6.10. The van der Waals surface area contributed by atoms with Gasteiger partial charge in [-0.1, -0.05) is 11.6 Å². The average Bonchev–Trinajstić information content (AvgIpc) is 3.61. The molecule has 2 amide bonds. The van der Waals surface area contributed by atoms with Crippen molar-refractivity contribution in [1.29, 1.82) is 0 Å². The van der Waals surface area contributed by atoms with Crippen molar-refractivity contribution in [3.63, 3.8) is 0 Å². The number of hydrogen-bond donors (Lipinski definition) is 1. The van der Waals surface area contributed by atoms with Crippen LogP contribution in [0.5, 0.6) is 5.88 Å². The Morgan fingerprint density at radius 2 is 1.63 bits per heavy atom. The third-order valence-electron chi connectivity index (χ3n) is 8.24. The second-order valence-electron chi connectivity index (χ2n) is 11.0. The normalized spacial score (nSPS) is 23.5. The number of fused-ring (bicyclic) bond motifs is 1. The molecule has 1 aromatic carbocycles. The van der Waals surface area contributed by atoms with E-state index < -0.39 is 0 Å². The van der Waals surface area contributed by atoms with Gasteiger partial charge in [-0.15, -0.1) is 0 Å². The number of amides is 2. The van der Waals surface area contributed by atoms with Crippen molar-refractivity contribution in [3.8, 4) is 5.88 Å². The topological polar surface area (TPSA) is 98.0 Å². The molecule has 8 nitrogen and oxygen atoms in total. The molecule has 4 aliphatic rings. The molecule has 4 heterocycles. The van der Waals surface area contributed by atoms with E-state index in [1.54, 1.807) is 18.2 Å². The van der Waals surface area contributed by atoms with Gasteiger partial charge >= 0.3 is 0 Å². The fraction of sp³-hybridized carbons (Fsp3) is 0.536. The first kappa shape index (κ1) is 25.9. The molecular formula is C28H33ClN4O4S. The quantitative estimate of drug-likeness (QED) is 0.510. The minimum Gasteiger partial charge on any atom is -0.477 e. The highest BCUT2D eigenvalue weighted by Crippen LogP contribution is 2.40. The van der Waals surface area contributed by atoms with Gasteiger partial charge < -0.3 is 19.3 Å². The molecule has 0 radical (unpaired) electrons. The molecule has 3 saturated heterocycles. The highest BCUT2D eigenvalue weighted by molar-refractivity contribution is 7.97. The zero-order valence-electron chi connectivity index (χ0n) is 21.3. The van der Waals surface area contributed by atoms with Crippen LogP contribution in [-0.2, 0) is 4.74 Å². The van der Waals surface area contributed by atoms with Gasteiger partial charge in [-0.05, 0) is 67.8 Å². The van der Waals surface area contributed by atoms with E-state index in [9.17, 15) is 9.59 Å². The maximum Gasteiger partial charge on any atom is 0.254 e. The van der Waals surface area contributed by atoms with Gasteiger partial charge in [0.05, 0.1) is 11.6 Å². The number of benzene rings is 1. The molecule has 3 aliphatic heterocycles. The van der Waals surface area contributed by atoms with Crippen molar-refractivity contribution >= 4 is 35.4 Å². The van der Waals surface area contributed by atoms with E-state index in [2.05, 4.69) is 0 Å². The number of carbonyl (C=O) groups excluding carboxylic acids is 2. The van der Waals surface area contributed by atoms with E-state index in [0.717, 1.165) is 61.4 Å². The van der Waals surface area contributed by atoms with E-state index in [-0.39, 0.29) is 23.7 Å². The summed E-state index contributed by atoms with van der Waals surface area (Å²) >= 11 is 7.33. The average molecular weight is 557 g/mol. The summed E-state index contributed by atoms with van der Waals surface area (Å²) in [6, 6.07) is 9.01. The van der Waals surface area contributed by atoms with Gasteiger partial charge in [0.15, 0.2) is 0 Å². The number of likely N-dealkylation sites (tertiary alicyclic amines) is 2. The van der Waals surface area contributed by atoms with Crippen molar-refractivity contribution in [1.82, 2.24) is 14.8 Å². The molecule has 2 atom stereocenters. The summed E-state index contributed by atoms with van der Waals surface area (Å²) in [7, 11) is 0. The molecule has 1 aromatic heterocycles. The predicted molar refractivity (Wildman–Crippen MR) is 146 cm³/mol. The largest absolute Gasteiger partial charge is 0.477 e. The Balaban J connectivity index is 1.09. The van der Waals surface area contributed by atoms with E-state index in [1.807, 2.05) is 21.9 Å². The second kappa shape index (κ2) is 11.0. The van der Waals surface area contributed by atoms with Gasteiger partial charge in [-0.25, -0.2) is 4.98 Å². The lowest BCUT2D eigenvalue weighted by molar-refractivity contribution is 0.0490. The monoisotopic (exact) mass is 556 g/mol. The minimum absolute atomic E-state index is 0.0257. The van der Waals surface area contributed by atoms with Gasteiger partial charge in [-0.2, -0.15) is 0 Å². The Bertz CT molecular complexity index is 1210. The van der Waals surface area contributed by atoms with Crippen molar-refractivity contribution in [2.24, 2.45) is 22.9 Å². The first-order valence-electron chi connectivity index (χ1n) is 13.5. The van der Waals surface area contributed by atoms with Gasteiger partial charge in [0.25, 0.3) is 11.8 Å². The van der Waals surface area contributed by atoms with Crippen LogP contribution in [0, 0.1) is 17.8 Å². The minimum atomic E-state index is -0.0257. The summed E-state index contributed by atoms with van der Waals surface area (Å²) < 4.78 is 11.5. The SMILES string of the molecule is NSc1ccc(C(=O)N2CC3CN(C(=O)c4cc(OCC5CCOCC5)nc(C5CC5)c4)CC3C2)cc1Cl. The molecule has 0 spiro atoms. The molecule has 4 fully saturated rings. The van der Waals surface area contributed by atoms with Crippen LogP contribution in [-0.4, -0.2) is 72.6 Å². The number of nitrogens with zero attached hydrogens (tertiary/aromatic N) is 3. The summed E-state index contributed by atoms with van der Waals surface area (Å²) in [5.41, 5.74) is 2.19. The number of carbonyl (C=O) groups is 2. The Morgan fingerprint density at radius 3 is 2.24 bits per heavy atom. The van der Waals surface area contributed by atoms with Crippen LogP contribution < -0.4 is 9.88 Å². The Morgan fingerprint density at radius 1 is 0.974 bits per heavy atom. The maximum absolute atomic E-state index is 13.6. The van der Waals surface area contributed by atoms with E-state index >= 15 is 0 Å². The number of ether oxygens (including phenoxy) is 2. The second-order valence-corrected chi connectivity index (χ2v) is 12.0. The van der Waals surface area contributed by atoms with Crippen LogP contribution in [0.4, 0.5) is 0 Å². The summed E-state index contributed by atoms with van der Waals surface area (Å²) in [4.78, 5) is 36.0. The number of pyridine rings is 1. The van der Waals surface area contributed by atoms with Crippen molar-refractivity contribution in [2.75, 3.05) is 46.0 Å². The zero-order valence-corrected chi connectivity index (χ0v) is 22.9. The van der Waals surface area contributed by atoms with Crippen LogP contribution in [0.2, 0.25) is 5.02 Å². The molecule has 2 aromatic rings. The Hall–Kier alpha value is -2.33. The molecule has 1 saturated carbocycles. The smallest absolute Gasteiger partial charge is 0.254 e. The van der Waals surface area contributed by atoms with E-state index in [4.69, 9.17) is 31.2 Å². The van der Waals surface area contributed by atoms with Crippen LogP contribution in [0.15, 0.2) is 35.2 Å². The number of halogens is 1. The Kier molecular flexibility index (Phi) is 7.53. The van der Waals surface area contributed by atoms with Gasteiger partial charge in [0, 0.05) is 84.9 Å². The highest BCUT2D eigenvalue weighted by atomic mass is 35.5. The van der Waals surface area contributed by atoms with Crippen LogP contribution in [0.1, 0.15) is 58.0 Å². The Labute approximate surface area is 232 Å². The first-order valence-corrected chi connectivity index (χ1v) is 14.7. The van der Waals surface area contributed by atoms with E-state index in [0.29, 0.717) is 66.7 Å². The lowest BCUT2D eigenvalue weighted by Crippen LogP contribution is -2.35. The molecule has 2 N–H and O–H groups in total. The van der Waals surface area contributed by atoms with Crippen LogP contribution in [0.25, 0.3) is 0 Å². The fourth-order valence-corrected chi connectivity index (χ4v) is 6.48. The van der Waals surface area contributed by atoms with Crippen LogP contribution >= 0.6 is 23.5 Å². The molecule has 38 heavy (non-hydrogen) atoms. The third kappa shape index (κ3) is 5.52. The van der Waals surface area contributed by atoms with Crippen molar-refractivity contribution < 1.29 is 19.1 Å². The predicted octanol–water partition coefficient (Wildman–Crippen LogP) is 4.23. The van der Waals surface area contributed by atoms with Crippen molar-refractivity contribution in [3.05, 3.63) is 52.2 Å². The maximum atomic E-state index is 13.6. The zero-order chi connectivity index (χ0) is 26.2. The molecule has 10 heteroatoms. The number of aromatic nitrogens is 1. The molecule has 2 unspecified atom stereocenters. The molecule has 202 valence electrons. The summed E-state index contributed by atoms with van der Waals surface area (Å²) in [6.07, 6.45) is 4.21. The molecule has 1 aliphatic carbocycles. The molecule has 0 bridgehead atoms. The summed E-state index contributed by atoms with van der Waals surface area (Å²) in [6.45, 7) is 4.74. The van der Waals surface area contributed by atoms with Gasteiger partial charge in [0.1, 0.15) is 0 Å². The molecule has 6 rings (SSSR count). The van der Waals surface area contributed by atoms with E-state index in [1.165, 1.54) is 0 Å². The number of nitrogens with two attached hydrogens (primary N) is 1. The lowest BCUT2D eigenvalue weighted by atomic mass is 10.0. The van der Waals surface area contributed by atoms with Gasteiger partial charge in [0.2, 0.25) is 5.88 Å². The first-order chi connectivity index (χ1) is 18.5. The lowest BCUT2D eigenvalue weighted by Gasteiger charge is -2.23. The third-order valence-corrected chi connectivity index (χ3v) is 9.27.